The lowest BCUT2D eigenvalue weighted by atomic mass is 10.1. The minimum absolute atomic E-state index is 0.172. The summed E-state index contributed by atoms with van der Waals surface area (Å²) in [4.78, 5) is 0. The zero-order valence-corrected chi connectivity index (χ0v) is 12.7. The quantitative estimate of drug-likeness (QED) is 0.635. The molecule has 2 nitrogen and oxygen atoms in total. The van der Waals surface area contributed by atoms with E-state index in [-0.39, 0.29) is 6.10 Å². The lowest BCUT2D eigenvalue weighted by Crippen LogP contribution is -2.29. The summed E-state index contributed by atoms with van der Waals surface area (Å²) in [6.07, 6.45) is 5.19. The number of ether oxygens (including phenoxy) is 1. The van der Waals surface area contributed by atoms with Crippen molar-refractivity contribution in [3.05, 3.63) is 35.9 Å². The maximum atomic E-state index is 6.06. The Hall–Kier alpha value is -0.860. The molecule has 0 bridgehead atoms. The van der Waals surface area contributed by atoms with Crippen LogP contribution in [0.2, 0.25) is 0 Å². The lowest BCUT2D eigenvalue weighted by Gasteiger charge is -2.20. The SMILES string of the molecule is CCCCCCOC(CNC(C)C)c1ccccc1. The van der Waals surface area contributed by atoms with E-state index in [0.29, 0.717) is 6.04 Å². The molecule has 1 rings (SSSR count). The summed E-state index contributed by atoms with van der Waals surface area (Å²) in [7, 11) is 0. The molecule has 1 atom stereocenters. The predicted molar refractivity (Wildman–Crippen MR) is 82.4 cm³/mol. The number of unbranched alkanes of at least 4 members (excludes halogenated alkanes) is 3. The van der Waals surface area contributed by atoms with Gasteiger partial charge in [-0.2, -0.15) is 0 Å². The van der Waals surface area contributed by atoms with E-state index in [1.54, 1.807) is 0 Å². The summed E-state index contributed by atoms with van der Waals surface area (Å²) in [6.45, 7) is 8.32. The minimum Gasteiger partial charge on any atom is -0.372 e. The van der Waals surface area contributed by atoms with Crippen LogP contribution in [0.15, 0.2) is 30.3 Å². The van der Waals surface area contributed by atoms with Gasteiger partial charge in [0.25, 0.3) is 0 Å². The van der Waals surface area contributed by atoms with Gasteiger partial charge in [0.2, 0.25) is 0 Å². The van der Waals surface area contributed by atoms with Crippen molar-refractivity contribution in [1.29, 1.82) is 0 Å². The highest BCUT2D eigenvalue weighted by Gasteiger charge is 2.11. The zero-order valence-electron chi connectivity index (χ0n) is 12.7. The molecule has 108 valence electrons. The van der Waals surface area contributed by atoms with Crippen molar-refractivity contribution in [3.63, 3.8) is 0 Å². The molecule has 0 fully saturated rings. The molecule has 0 spiro atoms. The van der Waals surface area contributed by atoms with Crippen LogP contribution in [0.3, 0.4) is 0 Å². The van der Waals surface area contributed by atoms with Crippen LogP contribution in [0.5, 0.6) is 0 Å². The topological polar surface area (TPSA) is 21.3 Å². The third kappa shape index (κ3) is 7.34. The molecule has 0 aliphatic rings. The second-order valence-electron chi connectivity index (χ2n) is 5.39. The van der Waals surface area contributed by atoms with Gasteiger partial charge in [-0.1, -0.05) is 70.4 Å². The Labute approximate surface area is 118 Å². The van der Waals surface area contributed by atoms with E-state index in [1.807, 2.05) is 0 Å². The summed E-state index contributed by atoms with van der Waals surface area (Å²) in [5, 5.41) is 3.47. The molecule has 0 radical (unpaired) electrons. The first kappa shape index (κ1) is 16.2. The standard InChI is InChI=1S/C17H29NO/c1-4-5-6-10-13-19-17(14-18-15(2)3)16-11-8-7-9-12-16/h7-9,11-12,15,17-18H,4-6,10,13-14H2,1-3H3. The summed E-state index contributed by atoms with van der Waals surface area (Å²) in [5.41, 5.74) is 1.27. The van der Waals surface area contributed by atoms with Crippen molar-refractivity contribution in [2.24, 2.45) is 0 Å². The summed E-state index contributed by atoms with van der Waals surface area (Å²) >= 11 is 0. The second kappa shape index (κ2) is 9.99. The highest BCUT2D eigenvalue weighted by atomic mass is 16.5. The van der Waals surface area contributed by atoms with Gasteiger partial charge in [-0.25, -0.2) is 0 Å². The normalized spacial score (nSPS) is 12.8. The lowest BCUT2D eigenvalue weighted by molar-refractivity contribution is 0.0486. The van der Waals surface area contributed by atoms with Gasteiger partial charge in [-0.3, -0.25) is 0 Å². The molecule has 0 saturated heterocycles. The fourth-order valence-electron chi connectivity index (χ4n) is 2.04. The van der Waals surface area contributed by atoms with Crippen LogP contribution in [-0.4, -0.2) is 19.2 Å². The van der Waals surface area contributed by atoms with Gasteiger partial charge in [0, 0.05) is 19.2 Å². The van der Waals surface area contributed by atoms with Crippen LogP contribution in [0, 0.1) is 0 Å². The minimum atomic E-state index is 0.172. The van der Waals surface area contributed by atoms with Crippen LogP contribution in [0.25, 0.3) is 0 Å². The van der Waals surface area contributed by atoms with Crippen LogP contribution in [-0.2, 0) is 4.74 Å². The predicted octanol–water partition coefficient (Wildman–Crippen LogP) is 4.32. The Balaban J connectivity index is 2.41. The van der Waals surface area contributed by atoms with Gasteiger partial charge >= 0.3 is 0 Å². The number of hydrogen-bond donors (Lipinski definition) is 1. The van der Waals surface area contributed by atoms with Crippen molar-refractivity contribution in [2.45, 2.75) is 58.6 Å². The first-order valence-electron chi connectivity index (χ1n) is 7.64. The fourth-order valence-corrected chi connectivity index (χ4v) is 2.04. The van der Waals surface area contributed by atoms with E-state index in [4.69, 9.17) is 4.74 Å². The van der Waals surface area contributed by atoms with Crippen LogP contribution < -0.4 is 5.32 Å². The van der Waals surface area contributed by atoms with E-state index < -0.39 is 0 Å². The van der Waals surface area contributed by atoms with Crippen molar-refractivity contribution < 1.29 is 4.74 Å². The molecule has 2 heteroatoms. The van der Waals surface area contributed by atoms with E-state index >= 15 is 0 Å². The molecular weight excluding hydrogens is 234 g/mol. The maximum absolute atomic E-state index is 6.06. The van der Waals surface area contributed by atoms with Crippen molar-refractivity contribution >= 4 is 0 Å². The van der Waals surface area contributed by atoms with E-state index in [2.05, 4.69) is 56.4 Å². The molecule has 0 aliphatic heterocycles. The summed E-state index contributed by atoms with van der Waals surface area (Å²) < 4.78 is 6.06. The van der Waals surface area contributed by atoms with Crippen molar-refractivity contribution in [3.8, 4) is 0 Å². The summed E-state index contributed by atoms with van der Waals surface area (Å²) in [5.74, 6) is 0. The monoisotopic (exact) mass is 263 g/mol. The molecule has 0 aliphatic carbocycles. The molecule has 1 unspecified atom stereocenters. The van der Waals surface area contributed by atoms with Crippen LogP contribution >= 0.6 is 0 Å². The highest BCUT2D eigenvalue weighted by molar-refractivity contribution is 5.17. The fraction of sp³-hybridized carbons (Fsp3) is 0.647. The van der Waals surface area contributed by atoms with E-state index in [0.717, 1.165) is 13.2 Å². The van der Waals surface area contributed by atoms with Crippen LogP contribution in [0.1, 0.15) is 58.1 Å². The van der Waals surface area contributed by atoms with Gasteiger partial charge in [0.1, 0.15) is 0 Å². The largest absolute Gasteiger partial charge is 0.372 e. The third-order valence-corrected chi connectivity index (χ3v) is 3.20. The van der Waals surface area contributed by atoms with Crippen molar-refractivity contribution in [2.75, 3.05) is 13.2 Å². The van der Waals surface area contributed by atoms with Gasteiger partial charge < -0.3 is 10.1 Å². The molecule has 1 aromatic carbocycles. The van der Waals surface area contributed by atoms with Gasteiger partial charge in [0.15, 0.2) is 0 Å². The van der Waals surface area contributed by atoms with Gasteiger partial charge in [-0.05, 0) is 12.0 Å². The first-order valence-corrected chi connectivity index (χ1v) is 7.64. The number of hydrogen-bond acceptors (Lipinski definition) is 2. The molecule has 0 aromatic heterocycles. The number of nitrogens with one attached hydrogen (secondary N) is 1. The smallest absolute Gasteiger partial charge is 0.0949 e. The highest BCUT2D eigenvalue weighted by Crippen LogP contribution is 2.17. The Bertz CT molecular complexity index is 310. The first-order chi connectivity index (χ1) is 9.24. The third-order valence-electron chi connectivity index (χ3n) is 3.20. The second-order valence-corrected chi connectivity index (χ2v) is 5.39. The van der Waals surface area contributed by atoms with E-state index in [9.17, 15) is 0 Å². The average molecular weight is 263 g/mol. The number of rotatable bonds is 10. The van der Waals surface area contributed by atoms with Crippen molar-refractivity contribution in [1.82, 2.24) is 5.32 Å². The number of benzene rings is 1. The van der Waals surface area contributed by atoms with Gasteiger partial charge in [0.05, 0.1) is 6.10 Å². The zero-order chi connectivity index (χ0) is 13.9. The summed E-state index contributed by atoms with van der Waals surface area (Å²) in [6, 6.07) is 11.0. The molecule has 0 heterocycles. The molecule has 19 heavy (non-hydrogen) atoms. The molecule has 1 N–H and O–H groups in total. The molecule has 0 saturated carbocycles. The van der Waals surface area contributed by atoms with Gasteiger partial charge in [-0.15, -0.1) is 0 Å². The Morgan fingerprint density at radius 3 is 2.42 bits per heavy atom. The maximum Gasteiger partial charge on any atom is 0.0949 e. The molecule has 1 aromatic rings. The van der Waals surface area contributed by atoms with Crippen LogP contribution in [0.4, 0.5) is 0 Å². The average Bonchev–Trinajstić information content (AvgIpc) is 2.42. The Morgan fingerprint density at radius 1 is 1.05 bits per heavy atom. The van der Waals surface area contributed by atoms with E-state index in [1.165, 1.54) is 31.2 Å². The molecule has 0 amide bonds. The molecular formula is C17H29NO. The Kier molecular flexibility index (Phi) is 8.52. The Morgan fingerprint density at radius 2 is 1.79 bits per heavy atom.